The number of esters is 1. The fourth-order valence-electron chi connectivity index (χ4n) is 1.79. The van der Waals surface area contributed by atoms with Crippen LogP contribution in [0.25, 0.3) is 0 Å². The largest absolute Gasteiger partial charge is 0.469 e. The molecule has 3 heteroatoms. The standard InChI is InChI=1S/C12H25NO2/c1-7-10(11(14)15-6)8-13(5)9-12(2,3)4/h10H,7-9H2,1-6H3. The van der Waals surface area contributed by atoms with E-state index in [2.05, 4.69) is 32.7 Å². The first-order chi connectivity index (χ1) is 6.80. The molecule has 0 amide bonds. The molecule has 1 unspecified atom stereocenters. The maximum absolute atomic E-state index is 11.4. The van der Waals surface area contributed by atoms with Gasteiger partial charge in [0.2, 0.25) is 0 Å². The van der Waals surface area contributed by atoms with E-state index < -0.39 is 0 Å². The van der Waals surface area contributed by atoms with Gasteiger partial charge in [-0.25, -0.2) is 0 Å². The molecular weight excluding hydrogens is 190 g/mol. The van der Waals surface area contributed by atoms with Crippen LogP contribution in [0.5, 0.6) is 0 Å². The van der Waals surface area contributed by atoms with Crippen molar-refractivity contribution in [3.05, 3.63) is 0 Å². The lowest BCUT2D eigenvalue weighted by molar-refractivity contribution is -0.146. The fourth-order valence-corrected chi connectivity index (χ4v) is 1.79. The number of rotatable bonds is 5. The Kier molecular flexibility index (Phi) is 5.88. The van der Waals surface area contributed by atoms with E-state index in [4.69, 9.17) is 4.74 Å². The topological polar surface area (TPSA) is 29.5 Å². The first-order valence-electron chi connectivity index (χ1n) is 5.56. The van der Waals surface area contributed by atoms with Gasteiger partial charge in [-0.05, 0) is 18.9 Å². The highest BCUT2D eigenvalue weighted by Crippen LogP contribution is 2.16. The Morgan fingerprint density at radius 2 is 1.93 bits per heavy atom. The van der Waals surface area contributed by atoms with E-state index in [9.17, 15) is 4.79 Å². The van der Waals surface area contributed by atoms with Crippen molar-refractivity contribution >= 4 is 5.97 Å². The number of methoxy groups -OCH3 is 1. The maximum Gasteiger partial charge on any atom is 0.309 e. The summed E-state index contributed by atoms with van der Waals surface area (Å²) in [5, 5.41) is 0. The van der Waals surface area contributed by atoms with E-state index in [-0.39, 0.29) is 17.3 Å². The average Bonchev–Trinajstić information content (AvgIpc) is 2.10. The van der Waals surface area contributed by atoms with Crippen LogP contribution in [-0.2, 0) is 9.53 Å². The van der Waals surface area contributed by atoms with E-state index >= 15 is 0 Å². The summed E-state index contributed by atoms with van der Waals surface area (Å²) in [4.78, 5) is 13.6. The molecule has 0 fully saturated rings. The van der Waals surface area contributed by atoms with Gasteiger partial charge in [0.1, 0.15) is 0 Å². The third-order valence-corrected chi connectivity index (χ3v) is 2.30. The zero-order valence-corrected chi connectivity index (χ0v) is 11.0. The first-order valence-corrected chi connectivity index (χ1v) is 5.56. The number of nitrogens with zero attached hydrogens (tertiary/aromatic N) is 1. The molecule has 0 aliphatic rings. The van der Waals surface area contributed by atoms with Crippen molar-refractivity contribution in [2.75, 3.05) is 27.2 Å². The third-order valence-electron chi connectivity index (χ3n) is 2.30. The van der Waals surface area contributed by atoms with Crippen LogP contribution in [0.1, 0.15) is 34.1 Å². The van der Waals surface area contributed by atoms with Gasteiger partial charge >= 0.3 is 5.97 Å². The number of ether oxygens (including phenoxy) is 1. The lowest BCUT2D eigenvalue weighted by atomic mass is 9.95. The zero-order chi connectivity index (χ0) is 12.1. The highest BCUT2D eigenvalue weighted by atomic mass is 16.5. The molecule has 0 aliphatic heterocycles. The van der Waals surface area contributed by atoms with E-state index in [1.165, 1.54) is 7.11 Å². The number of carbonyl (C=O) groups excluding carboxylic acids is 1. The highest BCUT2D eigenvalue weighted by Gasteiger charge is 2.21. The van der Waals surface area contributed by atoms with Crippen molar-refractivity contribution in [2.45, 2.75) is 34.1 Å². The molecule has 0 radical (unpaired) electrons. The Morgan fingerprint density at radius 1 is 1.40 bits per heavy atom. The van der Waals surface area contributed by atoms with Crippen LogP contribution in [0.15, 0.2) is 0 Å². The van der Waals surface area contributed by atoms with Crippen molar-refractivity contribution in [3.63, 3.8) is 0 Å². The minimum absolute atomic E-state index is 0.00218. The van der Waals surface area contributed by atoms with Gasteiger partial charge in [0.05, 0.1) is 13.0 Å². The Bertz CT molecular complexity index is 196. The number of carbonyl (C=O) groups is 1. The quantitative estimate of drug-likeness (QED) is 0.658. The summed E-state index contributed by atoms with van der Waals surface area (Å²) in [5.41, 5.74) is 0.267. The maximum atomic E-state index is 11.4. The molecule has 0 heterocycles. The van der Waals surface area contributed by atoms with Crippen molar-refractivity contribution in [3.8, 4) is 0 Å². The van der Waals surface area contributed by atoms with Gasteiger partial charge in [-0.1, -0.05) is 27.7 Å². The normalized spacial score (nSPS) is 14.1. The Balaban J connectivity index is 4.13. The molecule has 0 aliphatic carbocycles. The summed E-state index contributed by atoms with van der Waals surface area (Å²) >= 11 is 0. The Hall–Kier alpha value is -0.570. The van der Waals surface area contributed by atoms with Gasteiger partial charge in [-0.3, -0.25) is 4.79 Å². The first kappa shape index (κ1) is 14.4. The Morgan fingerprint density at radius 3 is 2.27 bits per heavy atom. The summed E-state index contributed by atoms with van der Waals surface area (Å²) in [6, 6.07) is 0. The molecule has 15 heavy (non-hydrogen) atoms. The predicted molar refractivity (Wildman–Crippen MR) is 62.7 cm³/mol. The van der Waals surface area contributed by atoms with Gasteiger partial charge in [0.25, 0.3) is 0 Å². The van der Waals surface area contributed by atoms with Crippen molar-refractivity contribution in [1.29, 1.82) is 0 Å². The van der Waals surface area contributed by atoms with Crippen LogP contribution in [0.3, 0.4) is 0 Å². The van der Waals surface area contributed by atoms with E-state index in [0.717, 1.165) is 19.5 Å². The van der Waals surface area contributed by atoms with Gasteiger partial charge < -0.3 is 9.64 Å². The van der Waals surface area contributed by atoms with E-state index in [1.54, 1.807) is 0 Å². The SMILES string of the molecule is CCC(CN(C)CC(C)(C)C)C(=O)OC. The monoisotopic (exact) mass is 215 g/mol. The van der Waals surface area contributed by atoms with Gasteiger partial charge in [0, 0.05) is 13.1 Å². The molecule has 90 valence electrons. The van der Waals surface area contributed by atoms with Crippen LogP contribution in [0, 0.1) is 11.3 Å². The second-order valence-corrected chi connectivity index (χ2v) is 5.39. The molecule has 0 saturated carbocycles. The second kappa shape index (κ2) is 6.11. The van der Waals surface area contributed by atoms with Crippen LogP contribution in [0.4, 0.5) is 0 Å². The molecule has 0 aromatic rings. The molecule has 0 saturated heterocycles. The molecule has 3 nitrogen and oxygen atoms in total. The van der Waals surface area contributed by atoms with Crippen molar-refractivity contribution < 1.29 is 9.53 Å². The van der Waals surface area contributed by atoms with E-state index in [0.29, 0.717) is 0 Å². The molecule has 0 aromatic heterocycles. The third kappa shape index (κ3) is 6.50. The zero-order valence-electron chi connectivity index (χ0n) is 11.0. The van der Waals surface area contributed by atoms with Crippen LogP contribution in [-0.4, -0.2) is 38.1 Å². The van der Waals surface area contributed by atoms with Crippen molar-refractivity contribution in [2.24, 2.45) is 11.3 Å². The lowest BCUT2D eigenvalue weighted by Crippen LogP contribution is -2.36. The summed E-state index contributed by atoms with van der Waals surface area (Å²) in [6.45, 7) is 10.4. The summed E-state index contributed by atoms with van der Waals surface area (Å²) in [6.07, 6.45) is 0.834. The summed E-state index contributed by atoms with van der Waals surface area (Å²) in [5.74, 6) is -0.0967. The summed E-state index contributed by atoms with van der Waals surface area (Å²) < 4.78 is 4.77. The average molecular weight is 215 g/mol. The number of hydrogen-bond acceptors (Lipinski definition) is 3. The molecule has 0 N–H and O–H groups in total. The van der Waals surface area contributed by atoms with Crippen molar-refractivity contribution in [1.82, 2.24) is 4.90 Å². The second-order valence-electron chi connectivity index (χ2n) is 5.39. The fraction of sp³-hybridized carbons (Fsp3) is 0.917. The molecular formula is C12H25NO2. The molecule has 0 bridgehead atoms. The molecule has 0 aromatic carbocycles. The van der Waals surface area contributed by atoms with Crippen LogP contribution < -0.4 is 0 Å². The highest BCUT2D eigenvalue weighted by molar-refractivity contribution is 5.72. The smallest absolute Gasteiger partial charge is 0.309 e. The summed E-state index contributed by atoms with van der Waals surface area (Å²) in [7, 11) is 3.51. The minimum Gasteiger partial charge on any atom is -0.469 e. The molecule has 1 atom stereocenters. The van der Waals surface area contributed by atoms with E-state index in [1.807, 2.05) is 6.92 Å². The van der Waals surface area contributed by atoms with Crippen LogP contribution >= 0.6 is 0 Å². The molecule has 0 rings (SSSR count). The number of hydrogen-bond donors (Lipinski definition) is 0. The molecule has 0 spiro atoms. The Labute approximate surface area is 93.8 Å². The van der Waals surface area contributed by atoms with Gasteiger partial charge in [-0.15, -0.1) is 0 Å². The minimum atomic E-state index is -0.0988. The predicted octanol–water partition coefficient (Wildman–Crippen LogP) is 2.16. The van der Waals surface area contributed by atoms with Crippen LogP contribution in [0.2, 0.25) is 0 Å². The lowest BCUT2D eigenvalue weighted by Gasteiger charge is -2.28. The van der Waals surface area contributed by atoms with Gasteiger partial charge in [-0.2, -0.15) is 0 Å². The van der Waals surface area contributed by atoms with Gasteiger partial charge in [0.15, 0.2) is 0 Å².